The van der Waals surface area contributed by atoms with Gasteiger partial charge in [-0.3, -0.25) is 0 Å². The number of rotatable bonds is 4. The smallest absolute Gasteiger partial charge is 0.335 e. The molecule has 2 rings (SSSR count). The average Bonchev–Trinajstić information content (AvgIpc) is 2.67. The summed E-state index contributed by atoms with van der Waals surface area (Å²) in [5.41, 5.74) is 0.997. The first-order chi connectivity index (χ1) is 8.06. The highest BCUT2D eigenvalue weighted by atomic mass is 16.4. The maximum atomic E-state index is 10.8. The van der Waals surface area contributed by atoms with Crippen LogP contribution in [0, 0.1) is 0 Å². The quantitative estimate of drug-likeness (QED) is 0.852. The van der Waals surface area contributed by atoms with E-state index in [1.807, 2.05) is 6.07 Å². The molecule has 0 unspecified atom stereocenters. The third-order valence-corrected chi connectivity index (χ3v) is 2.50. The van der Waals surface area contributed by atoms with E-state index < -0.39 is 5.97 Å². The number of carbonyl (C=O) groups is 1. The summed E-state index contributed by atoms with van der Waals surface area (Å²) in [6.07, 6.45) is 0. The summed E-state index contributed by atoms with van der Waals surface area (Å²) in [6.45, 7) is 4.77. The first kappa shape index (κ1) is 11.7. The molecule has 0 aliphatic rings. The Hall–Kier alpha value is -1.81. The van der Waals surface area contributed by atoms with E-state index in [0.717, 1.165) is 16.7 Å². The fraction of sp³-hybridized carbons (Fsp3) is 0.308. The zero-order valence-electron chi connectivity index (χ0n) is 9.86. The molecule has 2 aromatic rings. The number of carboxylic acids is 1. The molecule has 0 amide bonds. The molecule has 1 aromatic heterocycles. The number of hydrogen-bond acceptors (Lipinski definition) is 3. The Morgan fingerprint density at radius 2 is 2.18 bits per heavy atom. The van der Waals surface area contributed by atoms with Crippen LogP contribution in [0.1, 0.15) is 30.0 Å². The Kier molecular flexibility index (Phi) is 3.15. The average molecular weight is 233 g/mol. The second-order valence-electron chi connectivity index (χ2n) is 4.31. The van der Waals surface area contributed by atoms with Crippen LogP contribution in [-0.2, 0) is 6.54 Å². The number of benzene rings is 1. The fourth-order valence-corrected chi connectivity index (χ4v) is 1.62. The summed E-state index contributed by atoms with van der Waals surface area (Å²) in [6, 6.07) is 7.13. The van der Waals surface area contributed by atoms with E-state index >= 15 is 0 Å². The van der Waals surface area contributed by atoms with Gasteiger partial charge in [0.05, 0.1) is 12.1 Å². The Bertz CT molecular complexity index is 543. The predicted octanol–water partition coefficient (Wildman–Crippen LogP) is 2.63. The van der Waals surface area contributed by atoms with Crippen LogP contribution in [0.25, 0.3) is 11.0 Å². The number of fused-ring (bicyclic) bond motifs is 1. The molecule has 0 bridgehead atoms. The molecular weight excluding hydrogens is 218 g/mol. The summed E-state index contributed by atoms with van der Waals surface area (Å²) in [5.74, 6) is -0.105. The van der Waals surface area contributed by atoms with Crippen LogP contribution in [0.2, 0.25) is 0 Å². The summed E-state index contributed by atoms with van der Waals surface area (Å²) >= 11 is 0. The molecule has 2 N–H and O–H groups in total. The molecule has 1 aromatic carbocycles. The van der Waals surface area contributed by atoms with Gasteiger partial charge in [-0.1, -0.05) is 13.8 Å². The lowest BCUT2D eigenvalue weighted by Crippen LogP contribution is -2.21. The molecule has 0 spiro atoms. The lowest BCUT2D eigenvalue weighted by Gasteiger charge is -2.04. The number of hydrogen-bond donors (Lipinski definition) is 2. The Morgan fingerprint density at radius 3 is 2.82 bits per heavy atom. The predicted molar refractivity (Wildman–Crippen MR) is 65.1 cm³/mol. The second kappa shape index (κ2) is 4.59. The second-order valence-corrected chi connectivity index (χ2v) is 4.31. The van der Waals surface area contributed by atoms with E-state index in [-0.39, 0.29) is 5.56 Å². The first-order valence-corrected chi connectivity index (χ1v) is 5.55. The number of aromatic carboxylic acids is 1. The zero-order chi connectivity index (χ0) is 12.4. The third-order valence-electron chi connectivity index (χ3n) is 2.50. The van der Waals surface area contributed by atoms with E-state index in [2.05, 4.69) is 19.2 Å². The SMILES string of the molecule is CC(C)NCc1cc2cc(C(=O)O)ccc2o1. The van der Waals surface area contributed by atoms with Crippen LogP contribution in [0.4, 0.5) is 0 Å². The van der Waals surface area contributed by atoms with Crippen molar-refractivity contribution in [2.75, 3.05) is 0 Å². The molecule has 0 saturated carbocycles. The van der Waals surface area contributed by atoms with Crippen molar-refractivity contribution >= 4 is 16.9 Å². The van der Waals surface area contributed by atoms with Crippen LogP contribution in [0.3, 0.4) is 0 Å². The summed E-state index contributed by atoms with van der Waals surface area (Å²) < 4.78 is 5.60. The molecule has 0 aliphatic carbocycles. The summed E-state index contributed by atoms with van der Waals surface area (Å²) in [7, 11) is 0. The van der Waals surface area contributed by atoms with Gasteiger partial charge in [-0.05, 0) is 24.3 Å². The van der Waals surface area contributed by atoms with Crippen molar-refractivity contribution < 1.29 is 14.3 Å². The van der Waals surface area contributed by atoms with Gasteiger partial charge in [0, 0.05) is 11.4 Å². The third kappa shape index (κ3) is 2.65. The van der Waals surface area contributed by atoms with Crippen LogP contribution >= 0.6 is 0 Å². The van der Waals surface area contributed by atoms with Gasteiger partial charge >= 0.3 is 5.97 Å². The van der Waals surface area contributed by atoms with Gasteiger partial charge in [-0.2, -0.15) is 0 Å². The molecule has 4 heteroatoms. The minimum Gasteiger partial charge on any atom is -0.478 e. The Labute approximate surface area is 99.2 Å². The Morgan fingerprint density at radius 1 is 1.41 bits per heavy atom. The molecule has 4 nitrogen and oxygen atoms in total. The van der Waals surface area contributed by atoms with E-state index in [1.54, 1.807) is 18.2 Å². The van der Waals surface area contributed by atoms with Gasteiger partial charge in [0.25, 0.3) is 0 Å². The van der Waals surface area contributed by atoms with Crippen molar-refractivity contribution in [2.24, 2.45) is 0 Å². The maximum absolute atomic E-state index is 10.8. The van der Waals surface area contributed by atoms with Crippen molar-refractivity contribution in [3.8, 4) is 0 Å². The molecule has 0 atom stereocenters. The first-order valence-electron chi connectivity index (χ1n) is 5.55. The Balaban J connectivity index is 2.27. The minimum absolute atomic E-state index is 0.279. The van der Waals surface area contributed by atoms with Crippen molar-refractivity contribution in [1.82, 2.24) is 5.32 Å². The maximum Gasteiger partial charge on any atom is 0.335 e. The molecule has 17 heavy (non-hydrogen) atoms. The summed E-state index contributed by atoms with van der Waals surface area (Å²) in [4.78, 5) is 10.8. The zero-order valence-corrected chi connectivity index (χ0v) is 9.86. The van der Waals surface area contributed by atoms with Gasteiger partial charge in [0.1, 0.15) is 11.3 Å². The normalized spacial score (nSPS) is 11.2. The topological polar surface area (TPSA) is 62.5 Å². The number of furan rings is 1. The van der Waals surface area contributed by atoms with E-state index in [1.165, 1.54) is 0 Å². The monoisotopic (exact) mass is 233 g/mol. The van der Waals surface area contributed by atoms with Crippen LogP contribution < -0.4 is 5.32 Å². The van der Waals surface area contributed by atoms with Crippen LogP contribution in [-0.4, -0.2) is 17.1 Å². The van der Waals surface area contributed by atoms with Crippen LogP contribution in [0.15, 0.2) is 28.7 Å². The largest absolute Gasteiger partial charge is 0.478 e. The lowest BCUT2D eigenvalue weighted by atomic mass is 10.1. The van der Waals surface area contributed by atoms with E-state index in [4.69, 9.17) is 9.52 Å². The van der Waals surface area contributed by atoms with Gasteiger partial charge < -0.3 is 14.8 Å². The van der Waals surface area contributed by atoms with Crippen LogP contribution in [0.5, 0.6) is 0 Å². The van der Waals surface area contributed by atoms with E-state index in [0.29, 0.717) is 12.6 Å². The molecule has 0 fully saturated rings. The highest BCUT2D eigenvalue weighted by molar-refractivity contribution is 5.93. The summed E-state index contributed by atoms with van der Waals surface area (Å²) in [5, 5.41) is 13.0. The molecular formula is C13H15NO3. The molecule has 0 saturated heterocycles. The molecule has 90 valence electrons. The minimum atomic E-state index is -0.921. The highest BCUT2D eigenvalue weighted by Crippen LogP contribution is 2.20. The fourth-order valence-electron chi connectivity index (χ4n) is 1.62. The molecule has 1 heterocycles. The number of carboxylic acid groups (broad SMARTS) is 1. The highest BCUT2D eigenvalue weighted by Gasteiger charge is 2.08. The van der Waals surface area contributed by atoms with Gasteiger partial charge in [-0.25, -0.2) is 4.79 Å². The lowest BCUT2D eigenvalue weighted by molar-refractivity contribution is 0.0697. The number of nitrogens with one attached hydrogen (secondary N) is 1. The van der Waals surface area contributed by atoms with Crippen molar-refractivity contribution in [2.45, 2.75) is 26.4 Å². The standard InChI is InChI=1S/C13H15NO3/c1-8(2)14-7-11-6-10-5-9(13(15)16)3-4-12(10)17-11/h3-6,8,14H,7H2,1-2H3,(H,15,16). The van der Waals surface area contributed by atoms with Gasteiger partial charge in [0.2, 0.25) is 0 Å². The molecule has 0 aliphatic heterocycles. The van der Waals surface area contributed by atoms with E-state index in [9.17, 15) is 4.79 Å². The molecule has 0 radical (unpaired) electrons. The van der Waals surface area contributed by atoms with Gasteiger partial charge in [-0.15, -0.1) is 0 Å². The van der Waals surface area contributed by atoms with Crippen molar-refractivity contribution in [3.05, 3.63) is 35.6 Å². The van der Waals surface area contributed by atoms with Crippen molar-refractivity contribution in [1.29, 1.82) is 0 Å². The van der Waals surface area contributed by atoms with Crippen molar-refractivity contribution in [3.63, 3.8) is 0 Å². The van der Waals surface area contributed by atoms with Gasteiger partial charge in [0.15, 0.2) is 0 Å².